The monoisotopic (exact) mass is 455 g/mol. The van der Waals surface area contributed by atoms with Gasteiger partial charge in [0.1, 0.15) is 5.60 Å². The molecule has 178 valence electrons. The fourth-order valence-electron chi connectivity index (χ4n) is 3.45. The van der Waals surface area contributed by atoms with Crippen molar-refractivity contribution in [3.63, 3.8) is 0 Å². The number of nitrogens with two attached hydrogens (primary N) is 1. The number of hydrogen-bond donors (Lipinski definition) is 2. The third-order valence-electron chi connectivity index (χ3n) is 5.30. The number of nitrogens with zero attached hydrogens (tertiary/aromatic N) is 3. The maximum Gasteiger partial charge on any atom is 0.410 e. The van der Waals surface area contributed by atoms with Crippen molar-refractivity contribution >= 4 is 34.7 Å². The summed E-state index contributed by atoms with van der Waals surface area (Å²) in [5.41, 5.74) is 9.17. The maximum atomic E-state index is 12.3. The first-order valence-electron chi connectivity index (χ1n) is 10.9. The van der Waals surface area contributed by atoms with E-state index < -0.39 is 5.60 Å². The Labute approximate surface area is 195 Å². The molecular weight excluding hydrogens is 422 g/mol. The number of carbonyl (C=O) groups is 2. The van der Waals surface area contributed by atoms with Gasteiger partial charge >= 0.3 is 6.09 Å². The van der Waals surface area contributed by atoms with Gasteiger partial charge in [0.15, 0.2) is 0 Å². The van der Waals surface area contributed by atoms with Gasteiger partial charge in [-0.3, -0.25) is 9.63 Å². The molecule has 1 heterocycles. The molecule has 0 aliphatic carbocycles. The molecule has 9 heteroatoms. The van der Waals surface area contributed by atoms with Gasteiger partial charge in [0, 0.05) is 50.2 Å². The maximum absolute atomic E-state index is 12.3. The van der Waals surface area contributed by atoms with Crippen LogP contribution in [0, 0.1) is 0 Å². The van der Waals surface area contributed by atoms with Gasteiger partial charge in [-0.05, 0) is 63.2 Å². The summed E-state index contributed by atoms with van der Waals surface area (Å²) in [5.74, 6) is -0.263. The molecule has 1 saturated heterocycles. The Morgan fingerprint density at radius 1 is 1.03 bits per heavy atom. The molecule has 0 aromatic heterocycles. The number of amides is 2. The van der Waals surface area contributed by atoms with Gasteiger partial charge in [-0.25, -0.2) is 9.86 Å². The molecule has 0 radical (unpaired) electrons. The zero-order chi connectivity index (χ0) is 24.2. The Bertz CT molecular complexity index is 979. The molecule has 0 saturated carbocycles. The summed E-state index contributed by atoms with van der Waals surface area (Å²) in [4.78, 5) is 33.5. The van der Waals surface area contributed by atoms with E-state index in [9.17, 15) is 9.59 Å². The number of hydroxylamine groups is 2. The van der Waals surface area contributed by atoms with E-state index in [1.54, 1.807) is 30.1 Å². The third-order valence-corrected chi connectivity index (χ3v) is 5.30. The molecule has 3 N–H and O–H groups in total. The number of rotatable bonds is 5. The second-order valence-corrected chi connectivity index (χ2v) is 8.91. The Balaban J connectivity index is 1.61. The van der Waals surface area contributed by atoms with E-state index in [1.807, 2.05) is 45.0 Å². The number of carbonyl (C=O) groups excluding carboxylic acids is 2. The average molecular weight is 456 g/mol. The molecule has 2 aromatic carbocycles. The van der Waals surface area contributed by atoms with Crippen LogP contribution >= 0.6 is 0 Å². The second kappa shape index (κ2) is 9.99. The SMILES string of the molecule is CON(C)C(=O)c1ccc(N)c(Nc2ccc(N3CCN(C(=O)OC(C)(C)C)CC3)cc2)c1. The molecule has 0 atom stereocenters. The molecule has 0 unspecified atom stereocenters. The summed E-state index contributed by atoms with van der Waals surface area (Å²) in [7, 11) is 2.99. The van der Waals surface area contributed by atoms with Gasteiger partial charge in [-0.2, -0.15) is 0 Å². The van der Waals surface area contributed by atoms with Gasteiger partial charge in [0.2, 0.25) is 0 Å². The second-order valence-electron chi connectivity index (χ2n) is 8.91. The number of benzene rings is 2. The van der Waals surface area contributed by atoms with Crippen molar-refractivity contribution in [2.45, 2.75) is 26.4 Å². The molecule has 2 aromatic rings. The van der Waals surface area contributed by atoms with E-state index >= 15 is 0 Å². The summed E-state index contributed by atoms with van der Waals surface area (Å²) in [5, 5.41) is 4.43. The van der Waals surface area contributed by atoms with Crippen LogP contribution in [0.3, 0.4) is 0 Å². The van der Waals surface area contributed by atoms with Gasteiger partial charge in [-0.1, -0.05) is 0 Å². The molecular formula is C24H33N5O4. The minimum absolute atomic E-state index is 0.263. The predicted octanol–water partition coefficient (Wildman–Crippen LogP) is 3.70. The topological polar surface area (TPSA) is 100 Å². The number of piperazine rings is 1. The highest BCUT2D eigenvalue weighted by Gasteiger charge is 2.26. The fraction of sp³-hybridized carbons (Fsp3) is 0.417. The molecule has 2 amide bonds. The van der Waals surface area contributed by atoms with Crippen molar-refractivity contribution in [2.75, 3.05) is 56.3 Å². The highest BCUT2D eigenvalue weighted by Crippen LogP contribution is 2.27. The first-order chi connectivity index (χ1) is 15.6. The zero-order valence-electron chi connectivity index (χ0n) is 19.9. The van der Waals surface area contributed by atoms with Crippen LogP contribution in [0.2, 0.25) is 0 Å². The molecule has 1 fully saturated rings. The Kier molecular flexibility index (Phi) is 7.33. The zero-order valence-corrected chi connectivity index (χ0v) is 19.9. The van der Waals surface area contributed by atoms with E-state index in [0.29, 0.717) is 30.0 Å². The Morgan fingerprint density at radius 3 is 2.24 bits per heavy atom. The lowest BCUT2D eigenvalue weighted by molar-refractivity contribution is -0.0756. The van der Waals surface area contributed by atoms with E-state index in [-0.39, 0.29) is 12.0 Å². The average Bonchev–Trinajstić information content (AvgIpc) is 2.79. The summed E-state index contributed by atoms with van der Waals surface area (Å²) < 4.78 is 5.46. The number of nitrogen functional groups attached to an aromatic ring is 1. The number of anilines is 4. The first-order valence-corrected chi connectivity index (χ1v) is 10.9. The Morgan fingerprint density at radius 2 is 1.67 bits per heavy atom. The summed E-state index contributed by atoms with van der Waals surface area (Å²) in [6.45, 7) is 8.31. The van der Waals surface area contributed by atoms with Crippen LogP contribution in [0.25, 0.3) is 0 Å². The van der Waals surface area contributed by atoms with Crippen molar-refractivity contribution in [1.82, 2.24) is 9.96 Å². The molecule has 33 heavy (non-hydrogen) atoms. The lowest BCUT2D eigenvalue weighted by atomic mass is 10.1. The third kappa shape index (κ3) is 6.29. The van der Waals surface area contributed by atoms with E-state index in [1.165, 1.54) is 7.11 Å². The highest BCUT2D eigenvalue weighted by atomic mass is 16.7. The highest BCUT2D eigenvalue weighted by molar-refractivity contribution is 5.95. The summed E-state index contributed by atoms with van der Waals surface area (Å²) in [6.07, 6.45) is -0.267. The fourth-order valence-corrected chi connectivity index (χ4v) is 3.45. The normalized spacial score (nSPS) is 14.1. The predicted molar refractivity (Wildman–Crippen MR) is 130 cm³/mol. The van der Waals surface area contributed by atoms with Gasteiger partial charge in [0.05, 0.1) is 18.5 Å². The molecule has 9 nitrogen and oxygen atoms in total. The smallest absolute Gasteiger partial charge is 0.410 e. The lowest BCUT2D eigenvalue weighted by Gasteiger charge is -2.36. The van der Waals surface area contributed by atoms with Gasteiger partial charge < -0.3 is 25.6 Å². The van der Waals surface area contributed by atoms with E-state index in [4.69, 9.17) is 15.3 Å². The molecule has 1 aliphatic rings. The van der Waals surface area contributed by atoms with Crippen LogP contribution < -0.4 is 16.0 Å². The summed E-state index contributed by atoms with van der Waals surface area (Å²) >= 11 is 0. The van der Waals surface area contributed by atoms with Gasteiger partial charge in [0.25, 0.3) is 5.91 Å². The van der Waals surface area contributed by atoms with Crippen LogP contribution in [0.5, 0.6) is 0 Å². The molecule has 3 rings (SSSR count). The number of nitrogens with one attached hydrogen (secondary N) is 1. The standard InChI is InChI=1S/C24H33N5O4/c1-24(2,3)33-23(31)29-14-12-28(13-15-29)19-9-7-18(8-10-19)26-21-16-17(6-11-20(21)25)22(30)27(4)32-5/h6-11,16,26H,12-15,25H2,1-5H3. The molecule has 0 bridgehead atoms. The van der Waals surface area contributed by atoms with Gasteiger partial charge in [-0.15, -0.1) is 0 Å². The van der Waals surface area contributed by atoms with Crippen molar-refractivity contribution in [2.24, 2.45) is 0 Å². The van der Waals surface area contributed by atoms with Crippen LogP contribution in [-0.2, 0) is 9.57 Å². The lowest BCUT2D eigenvalue weighted by Crippen LogP contribution is -2.50. The van der Waals surface area contributed by atoms with Crippen molar-refractivity contribution in [1.29, 1.82) is 0 Å². The van der Waals surface area contributed by atoms with Crippen molar-refractivity contribution in [3.8, 4) is 0 Å². The minimum atomic E-state index is -0.493. The van der Waals surface area contributed by atoms with Crippen LogP contribution in [0.4, 0.5) is 27.5 Å². The van der Waals surface area contributed by atoms with E-state index in [0.717, 1.165) is 29.5 Å². The first kappa shape index (κ1) is 24.2. The quantitative estimate of drug-likeness (QED) is 0.524. The van der Waals surface area contributed by atoms with Crippen molar-refractivity contribution < 1.29 is 19.2 Å². The van der Waals surface area contributed by atoms with Crippen LogP contribution in [0.1, 0.15) is 31.1 Å². The number of ether oxygens (including phenoxy) is 1. The minimum Gasteiger partial charge on any atom is -0.444 e. The van der Waals surface area contributed by atoms with Crippen LogP contribution in [-0.4, -0.2) is 67.9 Å². The van der Waals surface area contributed by atoms with Crippen molar-refractivity contribution in [3.05, 3.63) is 48.0 Å². The molecule has 1 aliphatic heterocycles. The summed E-state index contributed by atoms with van der Waals surface area (Å²) in [6, 6.07) is 13.0. The van der Waals surface area contributed by atoms with Crippen LogP contribution in [0.15, 0.2) is 42.5 Å². The van der Waals surface area contributed by atoms with E-state index in [2.05, 4.69) is 10.2 Å². The molecule has 0 spiro atoms. The number of hydrogen-bond acceptors (Lipinski definition) is 7. The Hall–Kier alpha value is -3.46. The largest absolute Gasteiger partial charge is 0.444 e.